The molecular weight excluding hydrogens is 402 g/mol. The third-order valence-corrected chi connectivity index (χ3v) is 6.27. The number of rotatable bonds is 8. The predicted octanol–water partition coefficient (Wildman–Crippen LogP) is 5.39. The second-order valence-electron chi connectivity index (χ2n) is 9.57. The minimum Gasteiger partial charge on any atom is -0.478 e. The van der Waals surface area contributed by atoms with Crippen LogP contribution < -0.4 is 4.74 Å². The fraction of sp³-hybridized carbons (Fsp3) is 0.481. The Morgan fingerprint density at radius 2 is 1.88 bits per heavy atom. The van der Waals surface area contributed by atoms with Gasteiger partial charge in [-0.2, -0.15) is 0 Å². The van der Waals surface area contributed by atoms with Gasteiger partial charge in [-0.05, 0) is 67.9 Å². The molecule has 0 saturated carbocycles. The second kappa shape index (κ2) is 10.2. The van der Waals surface area contributed by atoms with Crippen LogP contribution in [0.4, 0.5) is 0 Å². The molecule has 1 unspecified atom stereocenters. The second-order valence-corrected chi connectivity index (χ2v) is 9.57. The van der Waals surface area contributed by atoms with Gasteiger partial charge >= 0.3 is 5.97 Å². The molecule has 1 atom stereocenters. The Hall–Kier alpha value is -2.82. The van der Waals surface area contributed by atoms with Gasteiger partial charge in [-0.25, -0.2) is 4.79 Å². The van der Waals surface area contributed by atoms with Crippen LogP contribution >= 0.6 is 0 Å². The summed E-state index contributed by atoms with van der Waals surface area (Å²) in [6.07, 6.45) is 3.24. The summed E-state index contributed by atoms with van der Waals surface area (Å²) in [5.41, 5.74) is 2.31. The molecule has 32 heavy (non-hydrogen) atoms. The van der Waals surface area contributed by atoms with E-state index in [-0.39, 0.29) is 11.8 Å². The summed E-state index contributed by atoms with van der Waals surface area (Å²) in [4.78, 5) is 26.2. The third kappa shape index (κ3) is 6.12. The number of carbonyl (C=O) groups is 2. The van der Waals surface area contributed by atoms with E-state index in [1.54, 1.807) is 19.9 Å². The zero-order chi connectivity index (χ0) is 23.3. The molecule has 1 fully saturated rings. The zero-order valence-electron chi connectivity index (χ0n) is 19.6. The van der Waals surface area contributed by atoms with Crippen LogP contribution in [0.15, 0.2) is 48.5 Å². The topological polar surface area (TPSA) is 66.8 Å². The molecule has 1 aliphatic rings. The zero-order valence-corrected chi connectivity index (χ0v) is 19.6. The average molecular weight is 438 g/mol. The number of likely N-dealkylation sites (tertiary alicyclic amines) is 1. The lowest BCUT2D eigenvalue weighted by Gasteiger charge is -2.33. The maximum atomic E-state index is 12.9. The van der Waals surface area contributed by atoms with Gasteiger partial charge in [0, 0.05) is 25.4 Å². The van der Waals surface area contributed by atoms with Gasteiger partial charge in [-0.1, -0.05) is 50.2 Å². The number of amides is 1. The Balaban J connectivity index is 1.59. The van der Waals surface area contributed by atoms with Crippen LogP contribution in [0.2, 0.25) is 0 Å². The highest BCUT2D eigenvalue weighted by Gasteiger charge is 2.30. The van der Waals surface area contributed by atoms with Gasteiger partial charge in [0.2, 0.25) is 5.91 Å². The molecule has 1 N–H and O–H groups in total. The number of hydrogen-bond acceptors (Lipinski definition) is 3. The standard InChI is InChI=1S/C27H35NO4/c1-19(2)21-13-10-20(11-14-21)12-15-25(29)28-16-6-8-23(18-28)22-7-5-9-24(17-22)32-27(3,4)26(30)31/h5,7,9-11,13-14,17,19,23H,6,8,12,15-16,18H2,1-4H3,(H,30,31). The van der Waals surface area contributed by atoms with Crippen LogP contribution in [0, 0.1) is 0 Å². The van der Waals surface area contributed by atoms with Crippen molar-refractivity contribution < 1.29 is 19.4 Å². The Morgan fingerprint density at radius 3 is 2.53 bits per heavy atom. The minimum atomic E-state index is -1.29. The van der Waals surface area contributed by atoms with E-state index < -0.39 is 11.6 Å². The number of carboxylic acid groups (broad SMARTS) is 1. The first-order valence-electron chi connectivity index (χ1n) is 11.5. The fourth-order valence-corrected chi connectivity index (χ4v) is 4.12. The quantitative estimate of drug-likeness (QED) is 0.601. The van der Waals surface area contributed by atoms with Gasteiger partial charge in [0.25, 0.3) is 0 Å². The molecule has 5 heteroatoms. The highest BCUT2D eigenvalue weighted by Crippen LogP contribution is 2.30. The van der Waals surface area contributed by atoms with Crippen molar-refractivity contribution in [2.24, 2.45) is 0 Å². The Morgan fingerprint density at radius 1 is 1.16 bits per heavy atom. The van der Waals surface area contributed by atoms with Crippen molar-refractivity contribution >= 4 is 11.9 Å². The van der Waals surface area contributed by atoms with Crippen LogP contribution in [0.1, 0.15) is 75.5 Å². The van der Waals surface area contributed by atoms with Crippen LogP contribution in [0.3, 0.4) is 0 Å². The van der Waals surface area contributed by atoms with Crippen molar-refractivity contribution in [1.29, 1.82) is 0 Å². The lowest BCUT2D eigenvalue weighted by Crippen LogP contribution is -2.39. The first-order valence-corrected chi connectivity index (χ1v) is 11.5. The van der Waals surface area contributed by atoms with E-state index in [1.807, 2.05) is 23.1 Å². The smallest absolute Gasteiger partial charge is 0.347 e. The number of aryl methyl sites for hydroxylation is 1. The molecule has 2 aromatic carbocycles. The molecule has 0 bridgehead atoms. The summed E-state index contributed by atoms with van der Waals surface area (Å²) in [6, 6.07) is 16.2. The average Bonchev–Trinajstić information content (AvgIpc) is 2.77. The predicted molar refractivity (Wildman–Crippen MR) is 126 cm³/mol. The number of hydrogen-bond donors (Lipinski definition) is 1. The Kier molecular flexibility index (Phi) is 7.60. The largest absolute Gasteiger partial charge is 0.478 e. The summed E-state index contributed by atoms with van der Waals surface area (Å²) in [7, 11) is 0. The SMILES string of the molecule is CC(C)c1ccc(CCC(=O)N2CCCC(c3cccc(OC(C)(C)C(=O)O)c3)C2)cc1. The maximum Gasteiger partial charge on any atom is 0.347 e. The number of carboxylic acids is 1. The highest BCUT2D eigenvalue weighted by molar-refractivity contribution is 5.77. The van der Waals surface area contributed by atoms with Gasteiger partial charge in [-0.3, -0.25) is 4.79 Å². The van der Waals surface area contributed by atoms with Crippen molar-refractivity contribution in [3.63, 3.8) is 0 Å². The van der Waals surface area contributed by atoms with Crippen molar-refractivity contribution in [1.82, 2.24) is 4.90 Å². The highest BCUT2D eigenvalue weighted by atomic mass is 16.5. The van der Waals surface area contributed by atoms with Crippen LogP contribution in [-0.2, 0) is 16.0 Å². The van der Waals surface area contributed by atoms with Crippen LogP contribution in [0.25, 0.3) is 0 Å². The van der Waals surface area contributed by atoms with Crippen molar-refractivity contribution in [2.45, 2.75) is 70.8 Å². The molecule has 172 valence electrons. The molecule has 1 amide bonds. The van der Waals surface area contributed by atoms with Gasteiger partial charge in [0.1, 0.15) is 5.75 Å². The van der Waals surface area contributed by atoms with E-state index in [9.17, 15) is 14.7 Å². The first-order chi connectivity index (χ1) is 15.2. The summed E-state index contributed by atoms with van der Waals surface area (Å²) in [5.74, 6) is 0.478. The van der Waals surface area contributed by atoms with Gasteiger partial charge < -0.3 is 14.7 Å². The molecule has 1 saturated heterocycles. The van der Waals surface area contributed by atoms with E-state index in [4.69, 9.17) is 4.74 Å². The molecule has 1 heterocycles. The molecule has 0 spiro atoms. The van der Waals surface area contributed by atoms with Crippen molar-refractivity contribution in [3.05, 3.63) is 65.2 Å². The fourth-order valence-electron chi connectivity index (χ4n) is 4.12. The minimum absolute atomic E-state index is 0.196. The first kappa shape index (κ1) is 23.8. The van der Waals surface area contributed by atoms with Crippen LogP contribution in [0.5, 0.6) is 5.75 Å². The normalized spacial score (nSPS) is 16.8. The number of nitrogens with zero attached hydrogens (tertiary/aromatic N) is 1. The van der Waals surface area contributed by atoms with E-state index >= 15 is 0 Å². The molecule has 0 aliphatic carbocycles. The van der Waals surface area contributed by atoms with Crippen LogP contribution in [-0.4, -0.2) is 40.6 Å². The summed E-state index contributed by atoms with van der Waals surface area (Å²) in [6.45, 7) is 8.93. The van der Waals surface area contributed by atoms with Gasteiger partial charge in [-0.15, -0.1) is 0 Å². The Bertz CT molecular complexity index is 933. The summed E-state index contributed by atoms with van der Waals surface area (Å²) >= 11 is 0. The monoisotopic (exact) mass is 437 g/mol. The molecule has 5 nitrogen and oxygen atoms in total. The molecule has 0 radical (unpaired) electrons. The summed E-state index contributed by atoms with van der Waals surface area (Å²) < 4.78 is 5.70. The lowest BCUT2D eigenvalue weighted by molar-refractivity contribution is -0.152. The third-order valence-electron chi connectivity index (χ3n) is 6.27. The molecule has 0 aromatic heterocycles. The van der Waals surface area contributed by atoms with E-state index in [0.29, 0.717) is 24.6 Å². The lowest BCUT2D eigenvalue weighted by atomic mass is 9.90. The number of piperidine rings is 1. The maximum absolute atomic E-state index is 12.9. The van der Waals surface area contributed by atoms with Crippen molar-refractivity contribution in [2.75, 3.05) is 13.1 Å². The number of ether oxygens (including phenoxy) is 1. The number of carbonyl (C=O) groups excluding carboxylic acids is 1. The molecular formula is C27H35NO4. The van der Waals surface area contributed by atoms with Gasteiger partial charge in [0.05, 0.1) is 0 Å². The Labute approximate surface area is 191 Å². The van der Waals surface area contributed by atoms with Crippen molar-refractivity contribution in [3.8, 4) is 5.75 Å². The molecule has 3 rings (SSSR count). The van der Waals surface area contributed by atoms with Gasteiger partial charge in [0.15, 0.2) is 5.60 Å². The van der Waals surface area contributed by atoms with E-state index in [0.717, 1.165) is 31.4 Å². The van der Waals surface area contributed by atoms with E-state index in [2.05, 4.69) is 38.1 Å². The molecule has 2 aromatic rings. The number of benzene rings is 2. The van der Waals surface area contributed by atoms with E-state index in [1.165, 1.54) is 11.1 Å². The molecule has 1 aliphatic heterocycles. The number of aliphatic carboxylic acids is 1. The summed E-state index contributed by atoms with van der Waals surface area (Å²) in [5, 5.41) is 9.32.